The van der Waals surface area contributed by atoms with Crippen LogP contribution in [0.4, 0.5) is 0 Å². The molecule has 0 unspecified atom stereocenters. The van der Waals surface area contributed by atoms with Gasteiger partial charge in [0.1, 0.15) is 12.4 Å². The summed E-state index contributed by atoms with van der Waals surface area (Å²) in [5.74, 6) is 0.515. The van der Waals surface area contributed by atoms with E-state index in [-0.39, 0.29) is 17.6 Å². The monoisotopic (exact) mass is 333 g/mol. The predicted octanol–water partition coefficient (Wildman–Crippen LogP) is 3.04. The van der Waals surface area contributed by atoms with Crippen LogP contribution in [0.15, 0.2) is 18.2 Å². The Hall–Kier alpha value is -0.780. The highest BCUT2D eigenvalue weighted by Gasteiger charge is 2.16. The molecule has 0 atom stereocenters. The van der Waals surface area contributed by atoms with E-state index in [1.165, 1.54) is 0 Å². The van der Waals surface area contributed by atoms with Gasteiger partial charge in [-0.1, -0.05) is 31.5 Å². The fourth-order valence-electron chi connectivity index (χ4n) is 1.60. The number of rotatable bonds is 8. The van der Waals surface area contributed by atoms with E-state index in [4.69, 9.17) is 16.3 Å². The lowest BCUT2D eigenvalue weighted by molar-refractivity contribution is 0.340. The molecule has 0 heterocycles. The first kappa shape index (κ1) is 18.3. The molecule has 120 valence electrons. The van der Waals surface area contributed by atoms with Gasteiger partial charge in [0.2, 0.25) is 0 Å². The third-order valence-electron chi connectivity index (χ3n) is 3.05. The largest absolute Gasteiger partial charge is 0.491 e. The zero-order valence-electron chi connectivity index (χ0n) is 13.0. The highest BCUT2D eigenvalue weighted by atomic mass is 35.5. The fourth-order valence-corrected chi connectivity index (χ4v) is 2.64. The van der Waals surface area contributed by atoms with Crippen LogP contribution in [0.5, 0.6) is 5.75 Å². The Morgan fingerprint density at radius 3 is 2.43 bits per heavy atom. The quantitative estimate of drug-likeness (QED) is 0.794. The van der Waals surface area contributed by atoms with Crippen LogP contribution in [0.2, 0.25) is 5.02 Å². The summed E-state index contributed by atoms with van der Waals surface area (Å²) in [6.45, 7) is 8.34. The minimum atomic E-state index is -3.09. The van der Waals surface area contributed by atoms with Gasteiger partial charge in [0.05, 0.1) is 16.0 Å². The molecule has 1 aromatic carbocycles. The minimum absolute atomic E-state index is 0.00233. The number of halogens is 1. The number of nitrogens with one attached hydrogen (secondary N) is 1. The van der Waals surface area contributed by atoms with Gasteiger partial charge in [0.25, 0.3) is 0 Å². The molecule has 0 aliphatic heterocycles. The molecule has 0 amide bonds. The molecule has 0 aromatic heterocycles. The Labute approximate surface area is 132 Å². The third-order valence-corrected chi connectivity index (χ3v) is 5.52. The lowest BCUT2D eigenvalue weighted by atomic mass is 10.2. The molecule has 21 heavy (non-hydrogen) atoms. The summed E-state index contributed by atoms with van der Waals surface area (Å²) in [7, 11) is -3.09. The second kappa shape index (κ2) is 8.01. The average Bonchev–Trinajstić information content (AvgIpc) is 2.38. The second-order valence-corrected chi connectivity index (χ2v) is 8.65. The first-order valence-electron chi connectivity index (χ1n) is 7.08. The smallest absolute Gasteiger partial charge is 0.155 e. The summed E-state index contributed by atoms with van der Waals surface area (Å²) in [5.41, 5.74) is 1.07. The van der Waals surface area contributed by atoms with Crippen molar-refractivity contribution in [2.45, 2.75) is 45.5 Å². The Bertz CT molecular complexity index is 556. The minimum Gasteiger partial charge on any atom is -0.491 e. The molecule has 1 N–H and O–H groups in total. The number of sulfone groups is 1. The molecule has 4 nitrogen and oxygen atoms in total. The topological polar surface area (TPSA) is 55.4 Å². The van der Waals surface area contributed by atoms with Gasteiger partial charge in [-0.2, -0.15) is 0 Å². The predicted molar refractivity (Wildman–Crippen MR) is 87.8 cm³/mol. The Kier molecular flexibility index (Phi) is 6.97. The first-order chi connectivity index (χ1) is 9.72. The highest BCUT2D eigenvalue weighted by molar-refractivity contribution is 7.91. The van der Waals surface area contributed by atoms with Gasteiger partial charge < -0.3 is 10.1 Å². The lowest BCUT2D eigenvalue weighted by Gasteiger charge is -2.12. The van der Waals surface area contributed by atoms with E-state index >= 15 is 0 Å². The first-order valence-corrected chi connectivity index (χ1v) is 9.18. The molecule has 0 spiro atoms. The van der Waals surface area contributed by atoms with E-state index in [2.05, 4.69) is 19.2 Å². The summed E-state index contributed by atoms with van der Waals surface area (Å²) in [4.78, 5) is 0. The lowest BCUT2D eigenvalue weighted by Crippen LogP contribution is -2.22. The molecular formula is C15H24ClNO3S. The summed E-state index contributed by atoms with van der Waals surface area (Å²) < 4.78 is 28.8. The Balaban J connectivity index is 2.57. The van der Waals surface area contributed by atoms with Crippen LogP contribution >= 0.6 is 11.6 Å². The average molecular weight is 334 g/mol. The summed E-state index contributed by atoms with van der Waals surface area (Å²) in [6, 6.07) is 5.94. The van der Waals surface area contributed by atoms with Crippen molar-refractivity contribution in [1.29, 1.82) is 0 Å². The van der Waals surface area contributed by atoms with Gasteiger partial charge >= 0.3 is 0 Å². The third kappa shape index (κ3) is 6.24. The Morgan fingerprint density at radius 1 is 1.24 bits per heavy atom. The van der Waals surface area contributed by atoms with Gasteiger partial charge in [-0.05, 0) is 31.5 Å². The van der Waals surface area contributed by atoms with E-state index in [1.54, 1.807) is 19.9 Å². The number of hydrogen-bond acceptors (Lipinski definition) is 4. The molecule has 0 fully saturated rings. The molecule has 6 heteroatoms. The molecule has 0 saturated heterocycles. The molecular weight excluding hydrogens is 310 g/mol. The SMILES string of the molecule is CC(C)NCc1ccc(OCCS(=O)(=O)C(C)C)c(Cl)c1. The van der Waals surface area contributed by atoms with E-state index in [9.17, 15) is 8.42 Å². The summed E-state index contributed by atoms with van der Waals surface area (Å²) in [6.07, 6.45) is 0. The van der Waals surface area contributed by atoms with Crippen molar-refractivity contribution in [1.82, 2.24) is 5.32 Å². The zero-order chi connectivity index (χ0) is 16.0. The van der Waals surface area contributed by atoms with Crippen molar-refractivity contribution in [3.63, 3.8) is 0 Å². The number of ether oxygens (including phenoxy) is 1. The highest BCUT2D eigenvalue weighted by Crippen LogP contribution is 2.25. The zero-order valence-corrected chi connectivity index (χ0v) is 14.6. The molecule has 0 aliphatic carbocycles. The number of benzene rings is 1. The van der Waals surface area contributed by atoms with E-state index < -0.39 is 9.84 Å². The van der Waals surface area contributed by atoms with Gasteiger partial charge in [-0.25, -0.2) is 8.42 Å². The van der Waals surface area contributed by atoms with Crippen molar-refractivity contribution < 1.29 is 13.2 Å². The van der Waals surface area contributed by atoms with Crippen molar-refractivity contribution in [3.05, 3.63) is 28.8 Å². The van der Waals surface area contributed by atoms with Crippen LogP contribution in [-0.2, 0) is 16.4 Å². The van der Waals surface area contributed by atoms with Gasteiger partial charge in [0.15, 0.2) is 9.84 Å². The van der Waals surface area contributed by atoms with Crippen LogP contribution in [0.3, 0.4) is 0 Å². The van der Waals surface area contributed by atoms with Crippen LogP contribution in [-0.4, -0.2) is 32.1 Å². The van der Waals surface area contributed by atoms with Gasteiger partial charge in [-0.3, -0.25) is 0 Å². The van der Waals surface area contributed by atoms with Crippen molar-refractivity contribution in [2.75, 3.05) is 12.4 Å². The normalized spacial score (nSPS) is 12.1. The fraction of sp³-hybridized carbons (Fsp3) is 0.600. The van der Waals surface area contributed by atoms with Crippen molar-refractivity contribution in [2.24, 2.45) is 0 Å². The molecule has 1 rings (SSSR count). The maximum atomic E-state index is 11.7. The van der Waals surface area contributed by atoms with E-state index in [0.717, 1.165) is 12.1 Å². The van der Waals surface area contributed by atoms with E-state index in [0.29, 0.717) is 16.8 Å². The van der Waals surface area contributed by atoms with Crippen LogP contribution < -0.4 is 10.1 Å². The molecule has 0 bridgehead atoms. The molecule has 1 aromatic rings. The number of hydrogen-bond donors (Lipinski definition) is 1. The van der Waals surface area contributed by atoms with E-state index in [1.807, 2.05) is 12.1 Å². The standard InChI is InChI=1S/C15H24ClNO3S/c1-11(2)17-10-13-5-6-15(14(16)9-13)20-7-8-21(18,19)12(3)4/h5-6,9,11-12,17H,7-8,10H2,1-4H3. The Morgan fingerprint density at radius 2 is 1.90 bits per heavy atom. The molecule has 0 aliphatic rings. The molecule has 0 radical (unpaired) electrons. The maximum Gasteiger partial charge on any atom is 0.155 e. The van der Waals surface area contributed by atoms with Crippen molar-refractivity contribution >= 4 is 21.4 Å². The van der Waals surface area contributed by atoms with Gasteiger partial charge in [0, 0.05) is 12.6 Å². The molecule has 0 saturated carbocycles. The van der Waals surface area contributed by atoms with Crippen LogP contribution in [0, 0.1) is 0 Å². The maximum absolute atomic E-state index is 11.7. The van der Waals surface area contributed by atoms with Crippen LogP contribution in [0.1, 0.15) is 33.3 Å². The van der Waals surface area contributed by atoms with Crippen LogP contribution in [0.25, 0.3) is 0 Å². The summed E-state index contributed by atoms with van der Waals surface area (Å²) in [5, 5.41) is 3.42. The van der Waals surface area contributed by atoms with Gasteiger partial charge in [-0.15, -0.1) is 0 Å². The second-order valence-electron chi connectivity index (χ2n) is 5.56. The summed E-state index contributed by atoms with van der Waals surface area (Å²) >= 11 is 6.16. The van der Waals surface area contributed by atoms with Crippen molar-refractivity contribution in [3.8, 4) is 5.75 Å².